The predicted octanol–water partition coefficient (Wildman–Crippen LogP) is 2.54. The maximum atomic E-state index is 12.3. The molecule has 0 aliphatic heterocycles. The van der Waals surface area contributed by atoms with E-state index in [1.54, 1.807) is 24.3 Å². The molecular weight excluding hydrogens is 350 g/mol. The molecule has 1 aromatic heterocycles. The van der Waals surface area contributed by atoms with Crippen LogP contribution in [-0.4, -0.2) is 25.4 Å². The van der Waals surface area contributed by atoms with E-state index in [9.17, 15) is 13.2 Å². The van der Waals surface area contributed by atoms with Crippen LogP contribution in [0.1, 0.15) is 28.9 Å². The second-order valence-corrected chi connectivity index (χ2v) is 8.21. The third-order valence-corrected chi connectivity index (χ3v) is 5.90. The topological polar surface area (TPSA) is 91.1 Å². The molecule has 4 rings (SSSR count). The van der Waals surface area contributed by atoms with Gasteiger partial charge in [0.1, 0.15) is 5.69 Å². The minimum Gasteiger partial charge on any atom is -0.351 e. The van der Waals surface area contributed by atoms with Crippen molar-refractivity contribution >= 4 is 26.8 Å². The fourth-order valence-corrected chi connectivity index (χ4v) is 4.05. The van der Waals surface area contributed by atoms with Gasteiger partial charge >= 0.3 is 0 Å². The van der Waals surface area contributed by atoms with Gasteiger partial charge in [0, 0.05) is 23.5 Å². The number of benzene rings is 2. The number of carbonyl (C=O) groups excluding carboxylic acids is 1. The van der Waals surface area contributed by atoms with Crippen LogP contribution in [0.25, 0.3) is 10.9 Å². The zero-order chi connectivity index (χ0) is 18.1. The van der Waals surface area contributed by atoms with Crippen molar-refractivity contribution in [3.8, 4) is 0 Å². The summed E-state index contributed by atoms with van der Waals surface area (Å²) in [5.41, 5.74) is 2.24. The van der Waals surface area contributed by atoms with E-state index in [4.69, 9.17) is 0 Å². The molecule has 1 aliphatic carbocycles. The van der Waals surface area contributed by atoms with Crippen LogP contribution in [0.2, 0.25) is 0 Å². The Balaban J connectivity index is 1.40. The first kappa shape index (κ1) is 16.8. The number of H-pyrrole nitrogens is 1. The number of aromatic nitrogens is 1. The summed E-state index contributed by atoms with van der Waals surface area (Å²) >= 11 is 0. The van der Waals surface area contributed by atoms with E-state index in [0.717, 1.165) is 29.3 Å². The van der Waals surface area contributed by atoms with E-state index in [2.05, 4.69) is 15.0 Å². The molecule has 0 unspecified atom stereocenters. The molecule has 134 valence electrons. The second-order valence-electron chi connectivity index (χ2n) is 6.49. The maximum absolute atomic E-state index is 12.3. The first-order valence-electron chi connectivity index (χ1n) is 8.48. The zero-order valence-electron chi connectivity index (χ0n) is 14.0. The summed E-state index contributed by atoms with van der Waals surface area (Å²) in [5.74, 6) is -0.201. The van der Waals surface area contributed by atoms with Crippen LogP contribution in [-0.2, 0) is 16.6 Å². The van der Waals surface area contributed by atoms with Gasteiger partial charge in [-0.1, -0.05) is 30.3 Å². The van der Waals surface area contributed by atoms with Gasteiger partial charge in [-0.2, -0.15) is 0 Å². The van der Waals surface area contributed by atoms with Crippen LogP contribution < -0.4 is 10.0 Å². The Bertz CT molecular complexity index is 1020. The first-order valence-corrected chi connectivity index (χ1v) is 9.97. The van der Waals surface area contributed by atoms with Gasteiger partial charge in [0.25, 0.3) is 5.91 Å². The molecular formula is C19H19N3O3S. The molecule has 1 saturated carbocycles. The predicted molar refractivity (Wildman–Crippen MR) is 99.3 cm³/mol. The average molecular weight is 369 g/mol. The molecule has 0 radical (unpaired) electrons. The zero-order valence-corrected chi connectivity index (χ0v) is 14.8. The molecule has 1 fully saturated rings. The Hall–Kier alpha value is -2.64. The number of aromatic amines is 1. The SMILES string of the molecule is O=C(NCc1ccc(S(=O)(=O)NC2CC2)cc1)c1cc2ccccc2[nH]1. The van der Waals surface area contributed by atoms with E-state index in [-0.39, 0.29) is 16.8 Å². The van der Waals surface area contributed by atoms with Crippen LogP contribution in [0.3, 0.4) is 0 Å². The Morgan fingerprint density at radius 2 is 1.81 bits per heavy atom. The molecule has 0 bridgehead atoms. The lowest BCUT2D eigenvalue weighted by atomic mass is 10.2. The van der Waals surface area contributed by atoms with E-state index in [1.807, 2.05) is 30.3 Å². The number of para-hydroxylation sites is 1. The number of sulfonamides is 1. The van der Waals surface area contributed by atoms with E-state index < -0.39 is 10.0 Å². The minimum atomic E-state index is -3.45. The van der Waals surface area contributed by atoms with Crippen LogP contribution in [0.5, 0.6) is 0 Å². The van der Waals surface area contributed by atoms with E-state index in [1.165, 1.54) is 0 Å². The quantitative estimate of drug-likeness (QED) is 0.624. The van der Waals surface area contributed by atoms with Gasteiger partial charge in [0.2, 0.25) is 10.0 Å². The Labute approximate surface area is 151 Å². The maximum Gasteiger partial charge on any atom is 0.267 e. The van der Waals surface area contributed by atoms with Crippen molar-refractivity contribution in [2.75, 3.05) is 0 Å². The lowest BCUT2D eigenvalue weighted by Gasteiger charge is -2.07. The molecule has 0 atom stereocenters. The highest BCUT2D eigenvalue weighted by Gasteiger charge is 2.27. The second kappa shape index (κ2) is 6.59. The third-order valence-electron chi connectivity index (χ3n) is 4.36. The van der Waals surface area contributed by atoms with Crippen molar-refractivity contribution in [3.05, 3.63) is 65.9 Å². The molecule has 3 aromatic rings. The van der Waals surface area contributed by atoms with Gasteiger partial charge in [-0.05, 0) is 42.7 Å². The monoisotopic (exact) mass is 369 g/mol. The lowest BCUT2D eigenvalue weighted by Crippen LogP contribution is -2.26. The smallest absolute Gasteiger partial charge is 0.267 e. The summed E-state index contributed by atoms with van der Waals surface area (Å²) in [5, 5.41) is 3.82. The van der Waals surface area contributed by atoms with Crippen LogP contribution >= 0.6 is 0 Å². The van der Waals surface area contributed by atoms with Crippen molar-refractivity contribution in [1.29, 1.82) is 0 Å². The van der Waals surface area contributed by atoms with Crippen molar-refractivity contribution in [3.63, 3.8) is 0 Å². The summed E-state index contributed by atoms with van der Waals surface area (Å²) in [4.78, 5) is 15.6. The number of rotatable bonds is 6. The molecule has 2 aromatic carbocycles. The van der Waals surface area contributed by atoms with Gasteiger partial charge in [-0.3, -0.25) is 4.79 Å². The highest BCUT2D eigenvalue weighted by molar-refractivity contribution is 7.89. The fourth-order valence-electron chi connectivity index (χ4n) is 2.75. The fraction of sp³-hybridized carbons (Fsp3) is 0.211. The van der Waals surface area contributed by atoms with Crippen LogP contribution in [0.4, 0.5) is 0 Å². The normalized spacial score (nSPS) is 14.5. The van der Waals surface area contributed by atoms with Crippen LogP contribution in [0.15, 0.2) is 59.5 Å². The van der Waals surface area contributed by atoms with Gasteiger partial charge in [0.15, 0.2) is 0 Å². The first-order chi connectivity index (χ1) is 12.5. The molecule has 6 nitrogen and oxygen atoms in total. The van der Waals surface area contributed by atoms with Gasteiger partial charge in [0.05, 0.1) is 4.90 Å². The summed E-state index contributed by atoms with van der Waals surface area (Å²) in [7, 11) is -3.45. The average Bonchev–Trinajstić information content (AvgIpc) is 3.33. The third kappa shape index (κ3) is 3.63. The Morgan fingerprint density at radius 1 is 1.08 bits per heavy atom. The number of amides is 1. The molecule has 7 heteroatoms. The summed E-state index contributed by atoms with van der Waals surface area (Å²) in [6.45, 7) is 0.324. The van der Waals surface area contributed by atoms with Gasteiger partial charge in [-0.15, -0.1) is 0 Å². The Morgan fingerprint density at radius 3 is 2.50 bits per heavy atom. The molecule has 3 N–H and O–H groups in total. The van der Waals surface area contributed by atoms with Crippen molar-refractivity contribution in [1.82, 2.24) is 15.0 Å². The molecule has 0 spiro atoms. The van der Waals surface area contributed by atoms with Gasteiger partial charge in [-0.25, -0.2) is 13.1 Å². The summed E-state index contributed by atoms with van der Waals surface area (Å²) in [6.07, 6.45) is 1.80. The molecule has 1 amide bonds. The van der Waals surface area contributed by atoms with E-state index >= 15 is 0 Å². The van der Waals surface area contributed by atoms with Gasteiger partial charge < -0.3 is 10.3 Å². The molecule has 1 aliphatic rings. The summed E-state index contributed by atoms with van der Waals surface area (Å²) < 4.78 is 26.9. The molecule has 0 saturated heterocycles. The number of carbonyl (C=O) groups is 1. The largest absolute Gasteiger partial charge is 0.351 e. The molecule has 26 heavy (non-hydrogen) atoms. The highest BCUT2D eigenvalue weighted by atomic mass is 32.2. The lowest BCUT2D eigenvalue weighted by molar-refractivity contribution is 0.0946. The number of hydrogen-bond donors (Lipinski definition) is 3. The number of nitrogens with one attached hydrogen (secondary N) is 3. The number of fused-ring (bicyclic) bond motifs is 1. The Kier molecular flexibility index (Phi) is 4.26. The standard InChI is InChI=1S/C19H19N3O3S/c23-19(18-11-14-3-1-2-4-17(14)21-18)20-12-13-5-9-16(10-6-13)26(24,25)22-15-7-8-15/h1-6,9-11,15,21-22H,7-8,12H2,(H,20,23). The number of hydrogen-bond acceptors (Lipinski definition) is 3. The van der Waals surface area contributed by atoms with Crippen LogP contribution in [0, 0.1) is 0 Å². The van der Waals surface area contributed by atoms with E-state index in [0.29, 0.717) is 12.2 Å². The highest BCUT2D eigenvalue weighted by Crippen LogP contribution is 2.22. The minimum absolute atomic E-state index is 0.0790. The summed E-state index contributed by atoms with van der Waals surface area (Å²) in [6, 6.07) is 16.1. The molecule has 1 heterocycles. The van der Waals surface area contributed by atoms with Crippen molar-refractivity contribution in [2.24, 2.45) is 0 Å². The van der Waals surface area contributed by atoms with Crippen molar-refractivity contribution < 1.29 is 13.2 Å². The van der Waals surface area contributed by atoms with Crippen molar-refractivity contribution in [2.45, 2.75) is 30.3 Å².